The second-order valence-corrected chi connectivity index (χ2v) is 9.05. The molecule has 3 unspecified atom stereocenters. The van der Waals surface area contributed by atoms with Crippen LogP contribution in [0.1, 0.15) is 35.2 Å². The number of nitrogens with zero attached hydrogens (tertiary/aromatic N) is 2. The summed E-state index contributed by atoms with van der Waals surface area (Å²) < 4.78 is 27.4. The minimum absolute atomic E-state index is 0.129. The summed E-state index contributed by atoms with van der Waals surface area (Å²) in [5, 5.41) is 27.9. The molecule has 1 aliphatic rings. The number of rotatable bonds is 9. The Kier molecular flexibility index (Phi) is 7.39. The van der Waals surface area contributed by atoms with Crippen molar-refractivity contribution in [2.24, 2.45) is 0 Å². The van der Waals surface area contributed by atoms with Gasteiger partial charge in [-0.05, 0) is 47.2 Å². The van der Waals surface area contributed by atoms with Crippen LogP contribution in [-0.4, -0.2) is 45.0 Å². The largest absolute Gasteiger partial charge is 0.390 e. The van der Waals surface area contributed by atoms with E-state index in [4.69, 9.17) is 0 Å². The molecule has 170 valence electrons. The van der Waals surface area contributed by atoms with Crippen LogP contribution in [-0.2, 0) is 18.6 Å². The van der Waals surface area contributed by atoms with Crippen molar-refractivity contribution < 1.29 is 13.9 Å². The molecular weight excluding hydrogens is 432 g/mol. The molecule has 0 saturated carbocycles. The molecule has 0 bridgehead atoms. The van der Waals surface area contributed by atoms with E-state index in [0.717, 1.165) is 24.0 Å². The van der Waals surface area contributed by atoms with Crippen LogP contribution in [0.15, 0.2) is 42.6 Å². The van der Waals surface area contributed by atoms with E-state index in [0.29, 0.717) is 17.9 Å². The van der Waals surface area contributed by atoms with E-state index in [1.54, 1.807) is 0 Å². The number of thioether (sulfide) groups is 1. The molecule has 2 aromatic carbocycles. The number of aromatic amines is 1. The first-order valence-corrected chi connectivity index (χ1v) is 11.9. The lowest BCUT2D eigenvalue weighted by Crippen LogP contribution is -2.44. The summed E-state index contributed by atoms with van der Waals surface area (Å²) in [6.45, 7) is 2.45. The smallest absolute Gasteiger partial charge is 0.168 e. The predicted octanol–water partition coefficient (Wildman–Crippen LogP) is 3.61. The van der Waals surface area contributed by atoms with E-state index < -0.39 is 23.8 Å². The molecule has 4 rings (SSSR count). The van der Waals surface area contributed by atoms with Gasteiger partial charge in [0.25, 0.3) is 0 Å². The van der Waals surface area contributed by atoms with Gasteiger partial charge in [-0.15, -0.1) is 5.10 Å². The van der Waals surface area contributed by atoms with Gasteiger partial charge in [-0.2, -0.15) is 22.1 Å². The number of anilines is 1. The zero-order valence-corrected chi connectivity index (χ0v) is 18.6. The highest BCUT2D eigenvalue weighted by atomic mass is 32.2. The van der Waals surface area contributed by atoms with E-state index in [1.807, 2.05) is 11.8 Å². The van der Waals surface area contributed by atoms with Gasteiger partial charge in [-0.25, -0.2) is 8.78 Å². The normalized spacial score (nSPS) is 17.6. The van der Waals surface area contributed by atoms with Crippen LogP contribution in [0.5, 0.6) is 0 Å². The lowest BCUT2D eigenvalue weighted by molar-refractivity contribution is 0.145. The molecule has 4 N–H and O–H groups in total. The lowest BCUT2D eigenvalue weighted by Gasteiger charge is -2.30. The molecule has 0 spiro atoms. The fraction of sp³-hybridized carbons (Fsp3) is 0.391. The van der Waals surface area contributed by atoms with Crippen molar-refractivity contribution in [3.63, 3.8) is 0 Å². The minimum Gasteiger partial charge on any atom is -0.390 e. The van der Waals surface area contributed by atoms with Gasteiger partial charge in [0.1, 0.15) is 11.6 Å². The Morgan fingerprint density at radius 2 is 2.00 bits per heavy atom. The van der Waals surface area contributed by atoms with Crippen molar-refractivity contribution in [3.8, 4) is 0 Å². The van der Waals surface area contributed by atoms with Crippen LogP contribution in [0.3, 0.4) is 0 Å². The molecule has 0 amide bonds. The van der Waals surface area contributed by atoms with Gasteiger partial charge in [0.05, 0.1) is 18.3 Å². The number of halogens is 2. The fourth-order valence-corrected chi connectivity index (χ4v) is 5.13. The third-order valence-corrected chi connectivity index (χ3v) is 6.78. The van der Waals surface area contributed by atoms with Crippen LogP contribution in [0, 0.1) is 11.6 Å². The van der Waals surface area contributed by atoms with Gasteiger partial charge in [0.15, 0.2) is 5.82 Å². The first-order valence-electron chi connectivity index (χ1n) is 10.7. The summed E-state index contributed by atoms with van der Waals surface area (Å²) in [6, 6.07) is 9.62. The fourth-order valence-electron chi connectivity index (χ4n) is 4.00. The summed E-state index contributed by atoms with van der Waals surface area (Å²) in [7, 11) is 0. The van der Waals surface area contributed by atoms with Gasteiger partial charge in [0.2, 0.25) is 0 Å². The van der Waals surface area contributed by atoms with E-state index in [9.17, 15) is 13.9 Å². The van der Waals surface area contributed by atoms with Crippen LogP contribution in [0.4, 0.5) is 14.6 Å². The van der Waals surface area contributed by atoms with Crippen LogP contribution >= 0.6 is 11.8 Å². The number of H-pyrrole nitrogens is 1. The topological polar surface area (TPSA) is 85.9 Å². The van der Waals surface area contributed by atoms with Crippen LogP contribution < -0.4 is 10.6 Å². The highest BCUT2D eigenvalue weighted by Crippen LogP contribution is 2.32. The van der Waals surface area contributed by atoms with E-state index in [1.165, 1.54) is 35.0 Å². The summed E-state index contributed by atoms with van der Waals surface area (Å²) in [6.07, 6.45) is 1.87. The van der Waals surface area contributed by atoms with Crippen molar-refractivity contribution in [3.05, 3.63) is 76.5 Å². The molecule has 2 heterocycles. The number of nitrogens with one attached hydrogen (secondary N) is 3. The molecule has 0 saturated heterocycles. The molecule has 3 aromatic rings. The highest BCUT2D eigenvalue weighted by Gasteiger charge is 2.25. The maximum absolute atomic E-state index is 13.7. The number of fused-ring (bicyclic) bond motifs is 1. The number of aliphatic hydroxyl groups excluding tert-OH is 1. The molecule has 0 aliphatic carbocycles. The molecule has 0 fully saturated rings. The van der Waals surface area contributed by atoms with E-state index in [2.05, 4.69) is 51.2 Å². The Hall–Kier alpha value is -2.49. The molecule has 3 atom stereocenters. The standard InChI is InChI=1S/C23H27F2N5OS/c1-2-14-3-4-16-12-32-13-21(19(16)7-14)26-10-22(31)20(28-23-11-27-30-29-23)8-15-5-17(24)9-18(25)6-15/h3-7,9,11,20-22,26,31H,2,8,10,12-13H2,1H3,(H2,27,28,29,30). The summed E-state index contributed by atoms with van der Waals surface area (Å²) in [5.74, 6) is 1.08. The third kappa shape index (κ3) is 5.65. The molecule has 0 radical (unpaired) electrons. The van der Waals surface area contributed by atoms with Crippen molar-refractivity contribution in [2.45, 2.75) is 43.7 Å². The second kappa shape index (κ2) is 10.4. The number of hydrogen-bond acceptors (Lipinski definition) is 6. The molecular formula is C23H27F2N5OS. The minimum atomic E-state index is -0.831. The van der Waals surface area contributed by atoms with Gasteiger partial charge in [0, 0.05) is 30.2 Å². The van der Waals surface area contributed by atoms with Crippen LogP contribution in [0.2, 0.25) is 0 Å². The van der Waals surface area contributed by atoms with Crippen molar-refractivity contribution in [1.29, 1.82) is 0 Å². The monoisotopic (exact) mass is 459 g/mol. The van der Waals surface area contributed by atoms with Gasteiger partial charge < -0.3 is 15.7 Å². The molecule has 1 aromatic heterocycles. The molecule has 32 heavy (non-hydrogen) atoms. The quantitative estimate of drug-likeness (QED) is 0.391. The van der Waals surface area contributed by atoms with Crippen molar-refractivity contribution in [2.75, 3.05) is 17.6 Å². The average Bonchev–Trinajstić information content (AvgIpc) is 3.29. The number of hydrogen-bond donors (Lipinski definition) is 4. The SMILES string of the molecule is CCc1ccc2c(c1)C(NCC(O)C(Cc1cc(F)cc(F)c1)Nc1cn[nH]n1)CSC2. The molecule has 6 nitrogen and oxygen atoms in total. The summed E-state index contributed by atoms with van der Waals surface area (Å²) in [4.78, 5) is 0. The first-order chi connectivity index (χ1) is 15.5. The average molecular weight is 460 g/mol. The zero-order valence-electron chi connectivity index (χ0n) is 17.8. The van der Waals surface area contributed by atoms with Crippen molar-refractivity contribution in [1.82, 2.24) is 20.7 Å². The summed E-state index contributed by atoms with van der Waals surface area (Å²) in [5.41, 5.74) is 4.34. The first kappa shape index (κ1) is 22.7. The number of aromatic nitrogens is 3. The zero-order chi connectivity index (χ0) is 22.5. The lowest BCUT2D eigenvalue weighted by atomic mass is 9.97. The molecule has 9 heteroatoms. The Balaban J connectivity index is 1.47. The Bertz CT molecular complexity index is 1010. The van der Waals surface area contributed by atoms with E-state index >= 15 is 0 Å². The van der Waals surface area contributed by atoms with Crippen molar-refractivity contribution >= 4 is 17.6 Å². The summed E-state index contributed by atoms with van der Waals surface area (Å²) >= 11 is 1.86. The van der Waals surface area contributed by atoms with Gasteiger partial charge in [-0.3, -0.25) is 0 Å². The van der Waals surface area contributed by atoms with Gasteiger partial charge >= 0.3 is 0 Å². The Morgan fingerprint density at radius 3 is 2.72 bits per heavy atom. The third-order valence-electron chi connectivity index (χ3n) is 5.70. The Morgan fingerprint density at radius 1 is 1.19 bits per heavy atom. The maximum atomic E-state index is 13.7. The highest BCUT2D eigenvalue weighted by molar-refractivity contribution is 7.98. The number of benzene rings is 2. The number of aliphatic hydroxyl groups is 1. The molecule has 1 aliphatic heterocycles. The van der Waals surface area contributed by atoms with Crippen LogP contribution in [0.25, 0.3) is 0 Å². The maximum Gasteiger partial charge on any atom is 0.168 e. The predicted molar refractivity (Wildman–Crippen MR) is 123 cm³/mol. The number of aryl methyl sites for hydroxylation is 1. The van der Waals surface area contributed by atoms with E-state index in [-0.39, 0.29) is 12.5 Å². The second-order valence-electron chi connectivity index (χ2n) is 8.02. The Labute approximate surface area is 190 Å². The van der Waals surface area contributed by atoms with Gasteiger partial charge in [-0.1, -0.05) is 25.1 Å².